The molecule has 0 saturated heterocycles. The predicted octanol–water partition coefficient (Wildman–Crippen LogP) is 8.82. The van der Waals surface area contributed by atoms with Gasteiger partial charge < -0.3 is 26.2 Å². The third-order valence-corrected chi connectivity index (χ3v) is 10.00. The molecule has 4 aromatic carbocycles. The summed E-state index contributed by atoms with van der Waals surface area (Å²) in [6.07, 6.45) is 4.34. The van der Waals surface area contributed by atoms with Gasteiger partial charge in [0.05, 0.1) is 29.1 Å². The van der Waals surface area contributed by atoms with Gasteiger partial charge in [-0.1, -0.05) is 116 Å². The van der Waals surface area contributed by atoms with Crippen molar-refractivity contribution < 1.29 is 26.5 Å². The van der Waals surface area contributed by atoms with Gasteiger partial charge in [-0.3, -0.25) is 0 Å². The Balaban J connectivity index is 0.00000159. The van der Waals surface area contributed by atoms with Crippen LogP contribution in [0.3, 0.4) is 0 Å². The van der Waals surface area contributed by atoms with Gasteiger partial charge in [0, 0.05) is 25.1 Å². The summed E-state index contributed by atoms with van der Waals surface area (Å²) >= 11 is 1.51. The summed E-state index contributed by atoms with van der Waals surface area (Å²) in [7, 11) is 0. The maximum Gasteiger partial charge on any atom is 1.00 e. The Kier molecular flexibility index (Phi) is 12.4. The molecule has 0 unspecified atom stereocenters. The molecule has 1 aliphatic heterocycles. The quantitative estimate of drug-likeness (QED) is 0.0644. The molecule has 1 aliphatic carbocycles. The molecule has 256 valence electrons. The molecule has 1 aromatic heterocycles. The van der Waals surface area contributed by atoms with Crippen molar-refractivity contribution in [2.75, 3.05) is 11.2 Å². The standard InChI is InChI=1S/C40H38N4O2S.CN.Cu/c1-28-20-21-40(22-35-34(27-46-40)38(43-39(42-35)47-2)45-26-31-16-10-5-11-17-31)37-32(28)18-19-36(33(37)23-41)44(24-29-12-6-3-7-13-29)25-30-14-8-4-9-15-30;1-2;/h3-19,28H,20-22,24-27H2,1-2H3;;/q;-1;+1/t28-,40-;;/m0../s1. The summed E-state index contributed by atoms with van der Waals surface area (Å²) < 4.78 is 13.3. The van der Waals surface area contributed by atoms with Crippen molar-refractivity contribution in [2.24, 2.45) is 0 Å². The Morgan fingerprint density at radius 1 is 0.900 bits per heavy atom. The zero-order valence-corrected chi connectivity index (χ0v) is 29.9. The third kappa shape index (κ3) is 7.73. The summed E-state index contributed by atoms with van der Waals surface area (Å²) in [5.41, 5.74) is 8.49. The van der Waals surface area contributed by atoms with Gasteiger partial charge in [-0.05, 0) is 53.3 Å². The molecule has 0 fully saturated rings. The monoisotopic (exact) mass is 727 g/mol. The Morgan fingerprint density at radius 3 is 2.08 bits per heavy atom. The molecule has 2 atom stereocenters. The van der Waals surface area contributed by atoms with Crippen LogP contribution in [0.5, 0.6) is 5.88 Å². The maximum atomic E-state index is 11.0. The number of anilines is 1. The fourth-order valence-electron chi connectivity index (χ4n) is 7.02. The molecule has 2 heterocycles. The number of thioether (sulfide) groups is 1. The molecule has 7 rings (SSSR count). The van der Waals surface area contributed by atoms with Crippen LogP contribution in [-0.4, -0.2) is 16.2 Å². The van der Waals surface area contributed by atoms with Crippen LogP contribution >= 0.6 is 11.8 Å². The predicted molar refractivity (Wildman–Crippen MR) is 191 cm³/mol. The van der Waals surface area contributed by atoms with E-state index in [0.717, 1.165) is 40.9 Å². The van der Waals surface area contributed by atoms with Crippen molar-refractivity contribution in [3.63, 3.8) is 0 Å². The van der Waals surface area contributed by atoms with E-state index < -0.39 is 5.60 Å². The van der Waals surface area contributed by atoms with E-state index in [1.165, 1.54) is 28.5 Å². The number of fused-ring (bicyclic) bond motifs is 3. The van der Waals surface area contributed by atoms with Crippen LogP contribution in [-0.2, 0) is 60.1 Å². The topological polar surface area (TPSA) is 95.1 Å². The van der Waals surface area contributed by atoms with Crippen LogP contribution in [0.2, 0.25) is 0 Å². The first-order chi connectivity index (χ1) is 24.1. The average molecular weight is 728 g/mol. The van der Waals surface area contributed by atoms with Crippen molar-refractivity contribution in [1.29, 1.82) is 10.5 Å². The van der Waals surface area contributed by atoms with Crippen molar-refractivity contribution in [3.8, 4) is 11.9 Å². The van der Waals surface area contributed by atoms with E-state index in [-0.39, 0.29) is 17.1 Å². The molecule has 7 nitrogen and oxygen atoms in total. The number of hydrogen-bond donors (Lipinski definition) is 0. The smallest absolute Gasteiger partial charge is 0.512 e. The van der Waals surface area contributed by atoms with Gasteiger partial charge in [0.15, 0.2) is 5.16 Å². The molecule has 9 heteroatoms. The van der Waals surface area contributed by atoms with Gasteiger partial charge in [0.1, 0.15) is 18.3 Å². The van der Waals surface area contributed by atoms with E-state index in [9.17, 15) is 5.26 Å². The average Bonchev–Trinajstić information content (AvgIpc) is 3.16. The number of ether oxygens (including phenoxy) is 2. The van der Waals surface area contributed by atoms with Crippen LogP contribution in [0.15, 0.2) is 108 Å². The van der Waals surface area contributed by atoms with Crippen LogP contribution < -0.4 is 9.64 Å². The summed E-state index contributed by atoms with van der Waals surface area (Å²) in [5, 5.41) is 17.9. The number of hydrogen-bond acceptors (Lipinski definition) is 8. The Labute approximate surface area is 309 Å². The first-order valence-electron chi connectivity index (χ1n) is 16.4. The molecule has 0 radical (unpaired) electrons. The fourth-order valence-corrected chi connectivity index (χ4v) is 7.39. The van der Waals surface area contributed by atoms with Gasteiger partial charge in [-0.15, -0.1) is 0 Å². The maximum absolute atomic E-state index is 11.0. The van der Waals surface area contributed by atoms with Crippen LogP contribution in [0, 0.1) is 23.2 Å². The minimum atomic E-state index is -0.665. The van der Waals surface area contributed by atoms with E-state index in [1.807, 2.05) is 36.6 Å². The Hall–Kier alpha value is -4.63. The Morgan fingerprint density at radius 2 is 1.50 bits per heavy atom. The molecular formula is C41H38CuN5O2S. The van der Waals surface area contributed by atoms with Crippen LogP contribution in [0.4, 0.5) is 5.69 Å². The van der Waals surface area contributed by atoms with Gasteiger partial charge in [-0.25, -0.2) is 4.98 Å². The molecular weight excluding hydrogens is 690 g/mol. The fraction of sp³-hybridized carbons (Fsp3) is 0.268. The number of nitrogens with zero attached hydrogens (tertiary/aromatic N) is 5. The van der Waals surface area contributed by atoms with E-state index >= 15 is 0 Å². The molecule has 0 saturated carbocycles. The molecule has 2 aliphatic rings. The third-order valence-electron chi connectivity index (χ3n) is 9.45. The molecule has 0 N–H and O–H groups in total. The van der Waals surface area contributed by atoms with E-state index in [2.05, 4.69) is 90.7 Å². The minimum Gasteiger partial charge on any atom is -0.512 e. The van der Waals surface area contributed by atoms with Gasteiger partial charge >= 0.3 is 17.1 Å². The second-order valence-electron chi connectivity index (χ2n) is 12.5. The zero-order chi connectivity index (χ0) is 34.2. The second kappa shape index (κ2) is 16.9. The molecule has 0 amide bonds. The summed E-state index contributed by atoms with van der Waals surface area (Å²) in [5.74, 6) is 0.893. The largest absolute Gasteiger partial charge is 1.00 e. The SMILES string of the molecule is CSc1nc2c(c(OCc3ccccc3)n1)CO[C@@]1(CC[C@H](C)c3ccc(N(Cc4ccccc4)Cc4ccccc4)c(C#N)c31)C2.[C-]#N.[Cu+]. The van der Waals surface area contributed by atoms with E-state index in [0.29, 0.717) is 55.2 Å². The minimum absolute atomic E-state index is 0. The zero-order valence-electron chi connectivity index (χ0n) is 28.1. The van der Waals surface area contributed by atoms with Crippen LogP contribution in [0.1, 0.15) is 70.3 Å². The molecule has 50 heavy (non-hydrogen) atoms. The number of rotatable bonds is 9. The summed E-state index contributed by atoms with van der Waals surface area (Å²) in [6.45, 7) is 9.13. The van der Waals surface area contributed by atoms with Crippen molar-refractivity contribution in [3.05, 3.63) is 154 Å². The van der Waals surface area contributed by atoms with Crippen LogP contribution in [0.25, 0.3) is 0 Å². The van der Waals surface area contributed by atoms with Crippen molar-refractivity contribution in [1.82, 2.24) is 9.97 Å². The normalized spacial score (nSPS) is 17.1. The van der Waals surface area contributed by atoms with Gasteiger partial charge in [0.25, 0.3) is 0 Å². The number of benzene rings is 4. The van der Waals surface area contributed by atoms with Gasteiger partial charge in [0.2, 0.25) is 5.88 Å². The van der Waals surface area contributed by atoms with Gasteiger partial charge in [-0.2, -0.15) is 10.2 Å². The molecule has 1 spiro atoms. The summed E-state index contributed by atoms with van der Waals surface area (Å²) in [4.78, 5) is 12.1. The number of aromatic nitrogens is 2. The van der Waals surface area contributed by atoms with Crippen molar-refractivity contribution in [2.45, 2.75) is 69.2 Å². The van der Waals surface area contributed by atoms with E-state index in [4.69, 9.17) is 31.3 Å². The first kappa shape index (κ1) is 36.6. The van der Waals surface area contributed by atoms with E-state index in [1.54, 1.807) is 0 Å². The Bertz CT molecular complexity index is 1910. The first-order valence-corrected chi connectivity index (χ1v) is 17.7. The number of nitriles is 1. The second-order valence-corrected chi connectivity index (χ2v) is 13.3. The van der Waals surface area contributed by atoms with Crippen molar-refractivity contribution >= 4 is 17.4 Å². The molecule has 5 aromatic rings. The molecule has 0 bridgehead atoms. The summed E-state index contributed by atoms with van der Waals surface area (Å²) in [6, 6.07) is 38.1.